The highest BCUT2D eigenvalue weighted by atomic mass is 32.2. The Morgan fingerprint density at radius 2 is 1.85 bits per heavy atom. The molecule has 0 radical (unpaired) electrons. The molecule has 5 nitrogen and oxygen atoms in total. The summed E-state index contributed by atoms with van der Waals surface area (Å²) in [6.45, 7) is 0. The van der Waals surface area contributed by atoms with Crippen LogP contribution < -0.4 is 5.73 Å². The summed E-state index contributed by atoms with van der Waals surface area (Å²) in [4.78, 5) is 10.4. The van der Waals surface area contributed by atoms with Gasteiger partial charge in [0, 0.05) is 12.1 Å². The van der Waals surface area contributed by atoms with E-state index in [1.54, 1.807) is 0 Å². The molecule has 1 atom stereocenters. The number of nitro groups is 1. The number of hydrogen-bond acceptors (Lipinski definition) is 4. The van der Waals surface area contributed by atoms with Crippen LogP contribution in [0.1, 0.15) is 5.56 Å². The number of nitrogen functional groups attached to an aromatic ring is 1. The van der Waals surface area contributed by atoms with E-state index in [1.807, 2.05) is 0 Å². The van der Waals surface area contributed by atoms with Gasteiger partial charge in [0.15, 0.2) is 0 Å². The van der Waals surface area contributed by atoms with Crippen molar-refractivity contribution in [2.24, 2.45) is 0 Å². The van der Waals surface area contributed by atoms with Crippen LogP contribution >= 0.6 is 0 Å². The monoisotopic (exact) mass is 294 g/mol. The van der Waals surface area contributed by atoms with Gasteiger partial charge >= 0.3 is 0 Å². The molecule has 0 aromatic heterocycles. The maximum Gasteiger partial charge on any atom is 0.269 e. The third-order valence-electron chi connectivity index (χ3n) is 2.66. The average molecular weight is 294 g/mol. The molecule has 0 heterocycles. The van der Waals surface area contributed by atoms with E-state index >= 15 is 0 Å². The number of hydrogen-bond donors (Lipinski definition) is 1. The molecule has 1 unspecified atom stereocenters. The maximum atomic E-state index is 12.9. The molecule has 2 aromatic rings. The van der Waals surface area contributed by atoms with Crippen molar-refractivity contribution >= 4 is 22.2 Å². The van der Waals surface area contributed by atoms with Crippen molar-refractivity contribution in [1.82, 2.24) is 0 Å². The van der Waals surface area contributed by atoms with Gasteiger partial charge in [0.2, 0.25) is 0 Å². The standard InChI is InChI=1S/C13H11FN2O3S/c14-10-3-6-13(12(15)7-10)20(19)8-9-1-4-11(5-2-9)16(17)18/h1-7H,8,15H2. The van der Waals surface area contributed by atoms with Crippen LogP contribution in [0.25, 0.3) is 0 Å². The van der Waals surface area contributed by atoms with E-state index in [4.69, 9.17) is 5.73 Å². The smallest absolute Gasteiger partial charge is 0.269 e. The van der Waals surface area contributed by atoms with Crippen molar-refractivity contribution in [1.29, 1.82) is 0 Å². The fraction of sp³-hybridized carbons (Fsp3) is 0.0769. The molecule has 0 fully saturated rings. The quantitative estimate of drug-likeness (QED) is 0.533. The summed E-state index contributed by atoms with van der Waals surface area (Å²) in [5, 5.41) is 10.5. The van der Waals surface area contributed by atoms with Crippen molar-refractivity contribution in [2.45, 2.75) is 10.6 Å². The van der Waals surface area contributed by atoms with Gasteiger partial charge in [-0.2, -0.15) is 0 Å². The van der Waals surface area contributed by atoms with Crippen molar-refractivity contribution in [3.8, 4) is 0 Å². The number of rotatable bonds is 4. The molecule has 7 heteroatoms. The zero-order chi connectivity index (χ0) is 14.7. The summed E-state index contributed by atoms with van der Waals surface area (Å²) in [6.07, 6.45) is 0. The molecule has 0 bridgehead atoms. The number of nitro benzene ring substituents is 1. The first-order valence-corrected chi connectivity index (χ1v) is 6.96. The first kappa shape index (κ1) is 14.1. The second-order valence-corrected chi connectivity index (χ2v) is 5.52. The molecule has 20 heavy (non-hydrogen) atoms. The molecule has 0 amide bonds. The van der Waals surface area contributed by atoms with E-state index in [-0.39, 0.29) is 17.1 Å². The summed E-state index contributed by atoms with van der Waals surface area (Å²) in [6, 6.07) is 9.46. The third-order valence-corrected chi connectivity index (χ3v) is 4.12. The van der Waals surface area contributed by atoms with Crippen molar-refractivity contribution in [3.63, 3.8) is 0 Å². The van der Waals surface area contributed by atoms with E-state index in [1.165, 1.54) is 36.4 Å². The van der Waals surface area contributed by atoms with E-state index in [2.05, 4.69) is 0 Å². The fourth-order valence-corrected chi connectivity index (χ4v) is 2.86. The largest absolute Gasteiger partial charge is 0.398 e. The topological polar surface area (TPSA) is 86.2 Å². The van der Waals surface area contributed by atoms with Crippen LogP contribution in [0.2, 0.25) is 0 Å². The van der Waals surface area contributed by atoms with Gasteiger partial charge in [-0.15, -0.1) is 0 Å². The molecule has 104 valence electrons. The molecule has 0 aliphatic heterocycles. The summed E-state index contributed by atoms with van der Waals surface area (Å²) in [5.41, 5.74) is 6.40. The molecule has 0 saturated carbocycles. The number of anilines is 1. The van der Waals surface area contributed by atoms with E-state index in [9.17, 15) is 18.7 Å². The van der Waals surface area contributed by atoms with Gasteiger partial charge in [-0.1, -0.05) is 12.1 Å². The second-order valence-electron chi connectivity index (χ2n) is 4.10. The minimum absolute atomic E-state index is 0.0270. The molecular formula is C13H11FN2O3S. The molecule has 0 aliphatic rings. The zero-order valence-electron chi connectivity index (χ0n) is 10.3. The Kier molecular flexibility index (Phi) is 4.09. The van der Waals surface area contributed by atoms with Gasteiger partial charge in [-0.3, -0.25) is 14.3 Å². The molecule has 0 aliphatic carbocycles. The number of nitrogens with two attached hydrogens (primary N) is 1. The van der Waals surface area contributed by atoms with Crippen LogP contribution in [-0.2, 0) is 16.6 Å². The SMILES string of the molecule is Nc1cc(F)ccc1S(=O)Cc1ccc([N+](=O)[O-])cc1. The number of benzene rings is 2. The summed E-state index contributed by atoms with van der Waals surface area (Å²) in [7, 11) is -1.43. The highest BCUT2D eigenvalue weighted by Gasteiger charge is 2.11. The predicted octanol–water partition coefficient (Wildman–Crippen LogP) is 2.62. The minimum atomic E-state index is -1.43. The van der Waals surface area contributed by atoms with Crippen molar-refractivity contribution < 1.29 is 13.5 Å². The normalized spacial score (nSPS) is 12.1. The van der Waals surface area contributed by atoms with Crippen LogP contribution in [0.5, 0.6) is 0 Å². The third kappa shape index (κ3) is 3.18. The van der Waals surface area contributed by atoms with Gasteiger partial charge < -0.3 is 5.73 Å². The molecule has 2 rings (SSSR count). The highest BCUT2D eigenvalue weighted by Crippen LogP contribution is 2.21. The molecular weight excluding hydrogens is 283 g/mol. The lowest BCUT2D eigenvalue weighted by atomic mass is 10.2. The Morgan fingerprint density at radius 3 is 2.40 bits per heavy atom. The number of halogens is 1. The summed E-state index contributed by atoms with van der Waals surface area (Å²) >= 11 is 0. The molecule has 2 N–H and O–H groups in total. The fourth-order valence-electron chi connectivity index (χ4n) is 1.67. The Bertz CT molecular complexity index is 674. The van der Waals surface area contributed by atoms with Gasteiger partial charge in [-0.25, -0.2) is 4.39 Å². The lowest BCUT2D eigenvalue weighted by molar-refractivity contribution is -0.384. The Balaban J connectivity index is 2.17. The number of non-ortho nitro benzene ring substituents is 1. The lowest BCUT2D eigenvalue weighted by Gasteiger charge is -2.06. The van der Waals surface area contributed by atoms with E-state index in [0.29, 0.717) is 10.5 Å². The molecule has 0 saturated heterocycles. The number of nitrogens with zero attached hydrogens (tertiary/aromatic N) is 1. The lowest BCUT2D eigenvalue weighted by Crippen LogP contribution is -2.01. The van der Waals surface area contributed by atoms with Crippen LogP contribution in [0.3, 0.4) is 0 Å². The first-order chi connectivity index (χ1) is 9.47. The maximum absolute atomic E-state index is 12.9. The highest BCUT2D eigenvalue weighted by molar-refractivity contribution is 7.84. The Labute approximate surface area is 116 Å². The van der Waals surface area contributed by atoms with Gasteiger partial charge in [0.1, 0.15) is 5.82 Å². The minimum Gasteiger partial charge on any atom is -0.398 e. The summed E-state index contributed by atoms with van der Waals surface area (Å²) in [5.74, 6) is -0.327. The Hall–Kier alpha value is -2.28. The summed E-state index contributed by atoms with van der Waals surface area (Å²) < 4.78 is 25.1. The average Bonchev–Trinajstić information content (AvgIpc) is 2.39. The van der Waals surface area contributed by atoms with Gasteiger partial charge in [0.25, 0.3) is 5.69 Å². The zero-order valence-corrected chi connectivity index (χ0v) is 11.1. The first-order valence-electron chi connectivity index (χ1n) is 5.64. The molecule has 0 spiro atoms. The van der Waals surface area contributed by atoms with Crippen molar-refractivity contribution in [2.75, 3.05) is 5.73 Å². The van der Waals surface area contributed by atoms with Crippen LogP contribution in [0.15, 0.2) is 47.4 Å². The van der Waals surface area contributed by atoms with Crippen LogP contribution in [0.4, 0.5) is 15.8 Å². The van der Waals surface area contributed by atoms with Crippen LogP contribution in [0, 0.1) is 15.9 Å². The second kappa shape index (κ2) is 5.79. The van der Waals surface area contributed by atoms with E-state index < -0.39 is 21.5 Å². The van der Waals surface area contributed by atoms with E-state index in [0.717, 1.165) is 6.07 Å². The van der Waals surface area contributed by atoms with Gasteiger partial charge in [0.05, 0.1) is 32.1 Å². The molecule has 2 aromatic carbocycles. The van der Waals surface area contributed by atoms with Crippen molar-refractivity contribution in [3.05, 3.63) is 64.0 Å². The van der Waals surface area contributed by atoms with Crippen LogP contribution in [-0.4, -0.2) is 9.13 Å². The van der Waals surface area contributed by atoms with Gasteiger partial charge in [-0.05, 0) is 23.8 Å². The Morgan fingerprint density at radius 1 is 1.20 bits per heavy atom. The predicted molar refractivity (Wildman–Crippen MR) is 74.0 cm³/mol.